The topological polar surface area (TPSA) is 72.3 Å². The van der Waals surface area contributed by atoms with Crippen LogP contribution < -0.4 is 5.63 Å². The van der Waals surface area contributed by atoms with Crippen molar-refractivity contribution < 1.29 is 13.9 Å². The van der Waals surface area contributed by atoms with Crippen LogP contribution in [0.25, 0.3) is 21.9 Å². The highest BCUT2D eigenvalue weighted by Crippen LogP contribution is 2.24. The summed E-state index contributed by atoms with van der Waals surface area (Å²) in [6.45, 7) is 3.86. The fraction of sp³-hybridized carbons (Fsp3) is 0.143. The van der Waals surface area contributed by atoms with Gasteiger partial charge in [-0.3, -0.25) is 0 Å². The van der Waals surface area contributed by atoms with Gasteiger partial charge < -0.3 is 14.1 Å². The molecule has 2 heterocycles. The van der Waals surface area contributed by atoms with Crippen molar-refractivity contribution in [2.45, 2.75) is 20.5 Å². The second kappa shape index (κ2) is 6.19. The Labute approximate surface area is 149 Å². The van der Waals surface area contributed by atoms with Gasteiger partial charge in [0, 0.05) is 27.9 Å². The number of hydrogen-bond acceptors (Lipinski definition) is 4. The van der Waals surface area contributed by atoms with Crippen LogP contribution in [0.15, 0.2) is 57.7 Å². The van der Waals surface area contributed by atoms with Gasteiger partial charge in [0.15, 0.2) is 0 Å². The van der Waals surface area contributed by atoms with Gasteiger partial charge >= 0.3 is 11.6 Å². The predicted octanol–water partition coefficient (Wildman–Crippen LogP) is 4.25. The Balaban J connectivity index is 1.64. The number of ether oxygens (including phenoxy) is 1. The lowest BCUT2D eigenvalue weighted by molar-refractivity contribution is 0.0468. The highest BCUT2D eigenvalue weighted by Gasteiger charge is 2.14. The van der Waals surface area contributed by atoms with Crippen LogP contribution in [0.1, 0.15) is 27.2 Å². The molecule has 0 unspecified atom stereocenters. The molecule has 4 rings (SSSR count). The number of H-pyrrole nitrogens is 1. The summed E-state index contributed by atoms with van der Waals surface area (Å²) < 4.78 is 10.8. The lowest BCUT2D eigenvalue weighted by atomic mass is 10.0. The third kappa shape index (κ3) is 2.77. The lowest BCUT2D eigenvalue weighted by Gasteiger charge is -2.09. The van der Waals surface area contributed by atoms with E-state index in [0.29, 0.717) is 16.8 Å². The van der Waals surface area contributed by atoms with E-state index in [0.717, 1.165) is 27.4 Å². The molecule has 2 aromatic heterocycles. The molecule has 5 nitrogen and oxygen atoms in total. The van der Waals surface area contributed by atoms with E-state index in [4.69, 9.17) is 9.15 Å². The van der Waals surface area contributed by atoms with E-state index in [1.54, 1.807) is 6.07 Å². The van der Waals surface area contributed by atoms with Gasteiger partial charge in [-0.2, -0.15) is 0 Å². The molecule has 5 heteroatoms. The fourth-order valence-electron chi connectivity index (χ4n) is 3.05. The van der Waals surface area contributed by atoms with Gasteiger partial charge in [-0.15, -0.1) is 0 Å². The van der Waals surface area contributed by atoms with Crippen LogP contribution >= 0.6 is 0 Å². The zero-order chi connectivity index (χ0) is 18.3. The maximum absolute atomic E-state index is 12.4. The number of esters is 1. The van der Waals surface area contributed by atoms with Crippen molar-refractivity contribution >= 4 is 27.8 Å². The molecule has 0 aliphatic heterocycles. The minimum atomic E-state index is -0.466. The molecule has 2 aromatic carbocycles. The van der Waals surface area contributed by atoms with Crippen LogP contribution in [-0.4, -0.2) is 11.0 Å². The maximum atomic E-state index is 12.4. The first-order valence-corrected chi connectivity index (χ1v) is 8.31. The maximum Gasteiger partial charge on any atom is 0.355 e. The first-order valence-electron chi connectivity index (χ1n) is 8.31. The zero-order valence-corrected chi connectivity index (χ0v) is 14.5. The van der Waals surface area contributed by atoms with E-state index in [-0.39, 0.29) is 6.61 Å². The summed E-state index contributed by atoms with van der Waals surface area (Å²) >= 11 is 0. The van der Waals surface area contributed by atoms with Crippen molar-refractivity contribution in [3.8, 4) is 0 Å². The highest BCUT2D eigenvalue weighted by atomic mass is 16.5. The quantitative estimate of drug-likeness (QED) is 0.444. The van der Waals surface area contributed by atoms with Crippen molar-refractivity contribution in [1.82, 2.24) is 4.98 Å². The van der Waals surface area contributed by atoms with Crippen molar-refractivity contribution in [2.75, 3.05) is 0 Å². The molecule has 0 amide bonds. The van der Waals surface area contributed by atoms with E-state index in [9.17, 15) is 9.59 Å². The molecule has 0 spiro atoms. The van der Waals surface area contributed by atoms with Crippen LogP contribution in [0.2, 0.25) is 0 Å². The Bertz CT molecular complexity index is 1170. The Morgan fingerprint density at radius 3 is 2.73 bits per heavy atom. The van der Waals surface area contributed by atoms with Gasteiger partial charge in [-0.25, -0.2) is 9.59 Å². The number of hydrogen-bond donors (Lipinski definition) is 1. The third-order valence-electron chi connectivity index (χ3n) is 4.63. The Kier molecular flexibility index (Phi) is 3.84. The molecule has 0 fully saturated rings. The van der Waals surface area contributed by atoms with Gasteiger partial charge in [0.1, 0.15) is 17.9 Å². The van der Waals surface area contributed by atoms with E-state index in [2.05, 4.69) is 4.98 Å². The van der Waals surface area contributed by atoms with Crippen LogP contribution in [0, 0.1) is 13.8 Å². The van der Waals surface area contributed by atoms with Crippen LogP contribution in [0.5, 0.6) is 0 Å². The Morgan fingerprint density at radius 1 is 1.12 bits per heavy atom. The monoisotopic (exact) mass is 347 g/mol. The molecule has 0 radical (unpaired) electrons. The van der Waals surface area contributed by atoms with E-state index < -0.39 is 11.6 Å². The van der Waals surface area contributed by atoms with Gasteiger partial charge in [-0.1, -0.05) is 30.3 Å². The molecule has 0 bridgehead atoms. The number of nitrogens with one attached hydrogen (secondary N) is 1. The number of carbonyl (C=O) groups is 1. The molecule has 4 aromatic rings. The summed E-state index contributed by atoms with van der Waals surface area (Å²) in [5.74, 6) is -0.466. The van der Waals surface area contributed by atoms with Gasteiger partial charge in [0.05, 0.1) is 0 Å². The molecule has 1 N–H and O–H groups in total. The number of para-hydroxylation sites is 1. The average Bonchev–Trinajstić information content (AvgIpc) is 3.07. The minimum Gasteiger partial charge on any atom is -0.456 e. The standard InChI is InChI=1S/C21H17NO4/c1-12-7-8-16-15(10-19(23)26-20(16)13(12)2)11-25-21(24)18-9-14-5-3-4-6-17(14)22-18/h3-10,22H,11H2,1-2H3. The first-order chi connectivity index (χ1) is 12.5. The molecule has 0 saturated heterocycles. The molecule has 0 saturated carbocycles. The largest absolute Gasteiger partial charge is 0.456 e. The minimum absolute atomic E-state index is 0.00119. The van der Waals surface area contributed by atoms with Crippen molar-refractivity contribution in [3.05, 3.63) is 81.3 Å². The third-order valence-corrected chi connectivity index (χ3v) is 4.63. The van der Waals surface area contributed by atoms with Crippen molar-refractivity contribution in [2.24, 2.45) is 0 Å². The van der Waals surface area contributed by atoms with Crippen molar-refractivity contribution in [3.63, 3.8) is 0 Å². The number of aryl methyl sites for hydroxylation is 2. The number of carbonyl (C=O) groups excluding carboxylic acids is 1. The van der Waals surface area contributed by atoms with Gasteiger partial charge in [-0.05, 0) is 37.1 Å². The molecule has 130 valence electrons. The van der Waals surface area contributed by atoms with Crippen molar-refractivity contribution in [1.29, 1.82) is 0 Å². The number of aromatic amines is 1. The molecular formula is C21H17NO4. The van der Waals surface area contributed by atoms with Crippen LogP contribution in [0.3, 0.4) is 0 Å². The molecule has 26 heavy (non-hydrogen) atoms. The van der Waals surface area contributed by atoms with Gasteiger partial charge in [0.25, 0.3) is 0 Å². The summed E-state index contributed by atoms with van der Waals surface area (Å²) in [5, 5.41) is 1.72. The number of benzene rings is 2. The smallest absolute Gasteiger partial charge is 0.355 e. The fourth-order valence-corrected chi connectivity index (χ4v) is 3.05. The van der Waals surface area contributed by atoms with E-state index in [1.165, 1.54) is 6.07 Å². The number of aromatic nitrogens is 1. The van der Waals surface area contributed by atoms with Crippen LogP contribution in [0.4, 0.5) is 0 Å². The summed E-state index contributed by atoms with van der Waals surface area (Å²) in [4.78, 5) is 27.3. The second-order valence-corrected chi connectivity index (χ2v) is 6.32. The summed E-state index contributed by atoms with van der Waals surface area (Å²) in [6, 6.07) is 14.6. The lowest BCUT2D eigenvalue weighted by Crippen LogP contribution is -2.08. The summed E-state index contributed by atoms with van der Waals surface area (Å²) in [7, 11) is 0. The highest BCUT2D eigenvalue weighted by molar-refractivity contribution is 5.95. The second-order valence-electron chi connectivity index (χ2n) is 6.32. The van der Waals surface area contributed by atoms with Crippen LogP contribution in [-0.2, 0) is 11.3 Å². The number of fused-ring (bicyclic) bond motifs is 2. The molecule has 0 aliphatic rings. The SMILES string of the molecule is Cc1ccc2c(COC(=O)c3cc4ccccc4[nH]3)cc(=O)oc2c1C. The van der Waals surface area contributed by atoms with Gasteiger partial charge in [0.2, 0.25) is 0 Å². The van der Waals surface area contributed by atoms with E-state index in [1.807, 2.05) is 50.2 Å². The molecular weight excluding hydrogens is 330 g/mol. The van der Waals surface area contributed by atoms with E-state index >= 15 is 0 Å². The zero-order valence-electron chi connectivity index (χ0n) is 14.5. The first kappa shape index (κ1) is 16.1. The number of rotatable bonds is 3. The molecule has 0 aliphatic carbocycles. The Hall–Kier alpha value is -3.34. The average molecular weight is 347 g/mol. The predicted molar refractivity (Wildman–Crippen MR) is 99.4 cm³/mol. The molecule has 0 atom stereocenters. The normalized spacial score (nSPS) is 11.2. The Morgan fingerprint density at radius 2 is 1.92 bits per heavy atom. The summed E-state index contributed by atoms with van der Waals surface area (Å²) in [6.07, 6.45) is 0. The summed E-state index contributed by atoms with van der Waals surface area (Å²) in [5.41, 5.74) is 3.90.